The summed E-state index contributed by atoms with van der Waals surface area (Å²) in [6, 6.07) is 10.4. The normalized spacial score (nSPS) is 11.4. The van der Waals surface area contributed by atoms with Crippen molar-refractivity contribution in [2.45, 2.75) is 25.7 Å². The number of anilines is 1. The van der Waals surface area contributed by atoms with Gasteiger partial charge in [0.1, 0.15) is 0 Å². The molecule has 0 aromatic heterocycles. The molecule has 6 nitrogen and oxygen atoms in total. The van der Waals surface area contributed by atoms with Crippen molar-refractivity contribution in [2.75, 3.05) is 25.0 Å². The van der Waals surface area contributed by atoms with Crippen LogP contribution in [-0.2, 0) is 14.8 Å². The molecule has 0 aliphatic rings. The summed E-state index contributed by atoms with van der Waals surface area (Å²) >= 11 is 0. The smallest absolute Gasteiger partial charge is 0.262 e. The van der Waals surface area contributed by atoms with E-state index < -0.39 is 28.4 Å². The number of nitrogens with one attached hydrogen (secondary N) is 1. The number of amides is 1. The molecule has 0 saturated heterocycles. The van der Waals surface area contributed by atoms with E-state index in [0.29, 0.717) is 24.3 Å². The average Bonchev–Trinajstić information content (AvgIpc) is 2.63. The maximum Gasteiger partial charge on any atom is 0.262 e. The first kappa shape index (κ1) is 20.9. The number of carbonyl (C=O) groups excluding carboxylic acids is 1. The standard InChI is InChI=1S/C19H23FN2O4S/c1-4-22(5-2)27(24,25)18-12-15(11-10-14(18)3)21-19(23)13-26-17-9-7-6-8-16(17)20/h6-12H,4-5,13H2,1-3H3,(H,21,23). The quantitative estimate of drug-likeness (QED) is 0.746. The number of hydrogen-bond donors (Lipinski definition) is 1. The van der Waals surface area contributed by atoms with Crippen molar-refractivity contribution in [1.82, 2.24) is 4.31 Å². The van der Waals surface area contributed by atoms with Gasteiger partial charge in [-0.3, -0.25) is 4.79 Å². The molecular weight excluding hydrogens is 371 g/mol. The van der Waals surface area contributed by atoms with E-state index in [4.69, 9.17) is 4.74 Å². The molecule has 2 aromatic rings. The molecule has 0 aliphatic carbocycles. The maximum atomic E-state index is 13.5. The zero-order chi connectivity index (χ0) is 20.0. The van der Waals surface area contributed by atoms with Gasteiger partial charge in [0.2, 0.25) is 10.0 Å². The van der Waals surface area contributed by atoms with Crippen molar-refractivity contribution < 1.29 is 22.3 Å². The van der Waals surface area contributed by atoms with Gasteiger partial charge in [0.15, 0.2) is 18.2 Å². The summed E-state index contributed by atoms with van der Waals surface area (Å²) in [4.78, 5) is 12.2. The Morgan fingerprint density at radius 3 is 2.44 bits per heavy atom. The van der Waals surface area contributed by atoms with E-state index in [2.05, 4.69) is 5.32 Å². The second-order valence-corrected chi connectivity index (χ2v) is 7.74. The number of carbonyl (C=O) groups is 1. The van der Waals surface area contributed by atoms with Crippen LogP contribution in [0.15, 0.2) is 47.4 Å². The van der Waals surface area contributed by atoms with Crippen LogP contribution in [-0.4, -0.2) is 38.3 Å². The van der Waals surface area contributed by atoms with E-state index in [0.717, 1.165) is 0 Å². The van der Waals surface area contributed by atoms with Crippen LogP contribution in [0.1, 0.15) is 19.4 Å². The van der Waals surface area contributed by atoms with Crippen LogP contribution in [0.4, 0.5) is 10.1 Å². The zero-order valence-corrected chi connectivity index (χ0v) is 16.3. The lowest BCUT2D eigenvalue weighted by molar-refractivity contribution is -0.118. The van der Waals surface area contributed by atoms with E-state index in [1.54, 1.807) is 39.0 Å². The summed E-state index contributed by atoms with van der Waals surface area (Å²) < 4.78 is 45.5. The van der Waals surface area contributed by atoms with Crippen molar-refractivity contribution in [3.8, 4) is 5.75 Å². The van der Waals surface area contributed by atoms with Gasteiger partial charge in [0.25, 0.3) is 5.91 Å². The van der Waals surface area contributed by atoms with Crippen molar-refractivity contribution in [1.29, 1.82) is 0 Å². The second kappa shape index (κ2) is 8.96. The summed E-state index contributed by atoms with van der Waals surface area (Å²) in [6.45, 7) is 5.54. The third kappa shape index (κ3) is 5.05. The molecule has 0 heterocycles. The van der Waals surface area contributed by atoms with E-state index in [1.807, 2.05) is 0 Å². The van der Waals surface area contributed by atoms with Crippen LogP contribution in [0.3, 0.4) is 0 Å². The molecule has 146 valence electrons. The Morgan fingerprint density at radius 2 is 1.81 bits per heavy atom. The van der Waals surface area contributed by atoms with Gasteiger partial charge in [-0.25, -0.2) is 12.8 Å². The van der Waals surface area contributed by atoms with Gasteiger partial charge < -0.3 is 10.1 Å². The highest BCUT2D eigenvalue weighted by molar-refractivity contribution is 7.89. The SMILES string of the molecule is CCN(CC)S(=O)(=O)c1cc(NC(=O)COc2ccccc2F)ccc1C. The molecular formula is C19H23FN2O4S. The topological polar surface area (TPSA) is 75.7 Å². The predicted molar refractivity (Wildman–Crippen MR) is 102 cm³/mol. The van der Waals surface area contributed by atoms with Crippen LogP contribution in [0.5, 0.6) is 5.75 Å². The van der Waals surface area contributed by atoms with Crippen molar-refractivity contribution in [3.63, 3.8) is 0 Å². The molecule has 2 aromatic carbocycles. The van der Waals surface area contributed by atoms with E-state index in [-0.39, 0.29) is 10.6 Å². The Kier molecular flexibility index (Phi) is 6.92. The molecule has 0 fully saturated rings. The van der Waals surface area contributed by atoms with Crippen LogP contribution >= 0.6 is 0 Å². The average molecular weight is 394 g/mol. The minimum atomic E-state index is -3.65. The molecule has 0 unspecified atom stereocenters. The Bertz CT molecular complexity index is 912. The predicted octanol–water partition coefficient (Wildman–Crippen LogP) is 3.18. The van der Waals surface area contributed by atoms with Crippen molar-refractivity contribution in [2.24, 2.45) is 0 Å². The van der Waals surface area contributed by atoms with Crippen molar-refractivity contribution >= 4 is 21.6 Å². The van der Waals surface area contributed by atoms with E-state index in [1.165, 1.54) is 28.6 Å². The van der Waals surface area contributed by atoms with Gasteiger partial charge >= 0.3 is 0 Å². The minimum absolute atomic E-state index is 0.0265. The highest BCUT2D eigenvalue weighted by Crippen LogP contribution is 2.23. The lowest BCUT2D eigenvalue weighted by atomic mass is 10.2. The molecule has 8 heteroatoms. The Morgan fingerprint density at radius 1 is 1.15 bits per heavy atom. The van der Waals surface area contributed by atoms with Crippen LogP contribution in [0.25, 0.3) is 0 Å². The van der Waals surface area contributed by atoms with Gasteiger partial charge in [0.05, 0.1) is 4.90 Å². The van der Waals surface area contributed by atoms with E-state index in [9.17, 15) is 17.6 Å². The number of para-hydroxylation sites is 1. The third-order valence-corrected chi connectivity index (χ3v) is 6.18. The number of halogens is 1. The zero-order valence-electron chi connectivity index (χ0n) is 15.5. The summed E-state index contributed by atoms with van der Waals surface area (Å²) in [5.41, 5.74) is 0.913. The van der Waals surface area contributed by atoms with Gasteiger partial charge in [-0.05, 0) is 36.8 Å². The molecule has 1 amide bonds. The number of ether oxygens (including phenoxy) is 1. The number of rotatable bonds is 8. The monoisotopic (exact) mass is 394 g/mol. The molecule has 0 aliphatic heterocycles. The highest BCUT2D eigenvalue weighted by Gasteiger charge is 2.24. The fourth-order valence-electron chi connectivity index (χ4n) is 2.56. The molecule has 0 radical (unpaired) electrons. The molecule has 2 rings (SSSR count). The number of benzene rings is 2. The first-order valence-corrected chi connectivity index (χ1v) is 10.0. The van der Waals surface area contributed by atoms with E-state index >= 15 is 0 Å². The number of hydrogen-bond acceptors (Lipinski definition) is 4. The van der Waals surface area contributed by atoms with Crippen LogP contribution in [0, 0.1) is 12.7 Å². The number of nitrogens with zero attached hydrogens (tertiary/aromatic N) is 1. The molecule has 0 saturated carbocycles. The molecule has 0 atom stereocenters. The first-order valence-electron chi connectivity index (χ1n) is 8.57. The first-order chi connectivity index (χ1) is 12.8. The number of sulfonamides is 1. The van der Waals surface area contributed by atoms with Crippen LogP contribution in [0.2, 0.25) is 0 Å². The molecule has 1 N–H and O–H groups in total. The lowest BCUT2D eigenvalue weighted by Crippen LogP contribution is -2.31. The van der Waals surface area contributed by atoms with Crippen LogP contribution < -0.4 is 10.1 Å². The Labute approximate surface area is 159 Å². The second-order valence-electron chi connectivity index (χ2n) is 5.84. The Balaban J connectivity index is 2.13. The minimum Gasteiger partial charge on any atom is -0.481 e. The molecule has 0 bridgehead atoms. The summed E-state index contributed by atoms with van der Waals surface area (Å²) in [7, 11) is -3.65. The summed E-state index contributed by atoms with van der Waals surface area (Å²) in [5.74, 6) is -1.11. The van der Waals surface area contributed by atoms with Gasteiger partial charge in [-0.2, -0.15) is 4.31 Å². The fourth-order valence-corrected chi connectivity index (χ4v) is 4.27. The van der Waals surface area contributed by atoms with Crippen molar-refractivity contribution in [3.05, 3.63) is 53.8 Å². The summed E-state index contributed by atoms with van der Waals surface area (Å²) in [6.07, 6.45) is 0. The molecule has 27 heavy (non-hydrogen) atoms. The van der Waals surface area contributed by atoms with Gasteiger partial charge in [-0.1, -0.05) is 32.0 Å². The molecule has 0 spiro atoms. The van der Waals surface area contributed by atoms with Gasteiger partial charge in [0, 0.05) is 18.8 Å². The Hall–Kier alpha value is -2.45. The fraction of sp³-hybridized carbons (Fsp3) is 0.316. The summed E-state index contributed by atoms with van der Waals surface area (Å²) in [5, 5.41) is 2.58. The highest BCUT2D eigenvalue weighted by atomic mass is 32.2. The number of aryl methyl sites for hydroxylation is 1. The largest absolute Gasteiger partial charge is 0.481 e. The lowest BCUT2D eigenvalue weighted by Gasteiger charge is -2.20. The van der Waals surface area contributed by atoms with Gasteiger partial charge in [-0.15, -0.1) is 0 Å². The third-order valence-electron chi connectivity index (χ3n) is 3.99. The maximum absolute atomic E-state index is 13.5.